The van der Waals surface area contributed by atoms with Crippen LogP contribution in [-0.4, -0.2) is 60.5 Å². The number of carbonyl (C=O) groups excluding carboxylic acids is 2. The van der Waals surface area contributed by atoms with E-state index >= 15 is 0 Å². The fourth-order valence-corrected chi connectivity index (χ4v) is 4.00. The van der Waals surface area contributed by atoms with Crippen molar-refractivity contribution in [3.8, 4) is 5.75 Å². The Morgan fingerprint density at radius 3 is 2.47 bits per heavy atom. The van der Waals surface area contributed by atoms with E-state index in [2.05, 4.69) is 21.7 Å². The van der Waals surface area contributed by atoms with Crippen molar-refractivity contribution < 1.29 is 14.3 Å². The molecule has 2 saturated heterocycles. The van der Waals surface area contributed by atoms with Gasteiger partial charge in [0.1, 0.15) is 11.6 Å². The number of piperazine rings is 1. The molecule has 0 bridgehead atoms. The molecule has 158 valence electrons. The van der Waals surface area contributed by atoms with Crippen LogP contribution in [-0.2, 0) is 9.59 Å². The van der Waals surface area contributed by atoms with E-state index in [1.54, 1.807) is 18.3 Å². The number of imide groups is 1. The topological polar surface area (TPSA) is 66.0 Å². The summed E-state index contributed by atoms with van der Waals surface area (Å²) < 4.78 is 5.67. The lowest BCUT2D eigenvalue weighted by Crippen LogP contribution is -2.52. The van der Waals surface area contributed by atoms with E-state index in [0.29, 0.717) is 12.3 Å². The molecular formula is C23H28N4O3. The van der Waals surface area contributed by atoms with Crippen molar-refractivity contribution in [2.75, 3.05) is 42.6 Å². The Hall–Kier alpha value is -2.93. The number of rotatable bonds is 7. The van der Waals surface area contributed by atoms with Crippen LogP contribution in [0.5, 0.6) is 5.75 Å². The lowest BCUT2D eigenvalue weighted by molar-refractivity contribution is -0.123. The van der Waals surface area contributed by atoms with Crippen LogP contribution in [0.1, 0.15) is 26.2 Å². The summed E-state index contributed by atoms with van der Waals surface area (Å²) in [5.41, 5.74) is 0.613. The molecule has 30 heavy (non-hydrogen) atoms. The quantitative estimate of drug-likeness (QED) is 0.518. The zero-order chi connectivity index (χ0) is 20.9. The summed E-state index contributed by atoms with van der Waals surface area (Å²) in [7, 11) is 0. The number of aromatic nitrogens is 1. The fraction of sp³-hybridized carbons (Fsp3) is 0.435. The number of pyridine rings is 1. The Labute approximate surface area is 177 Å². The first-order valence-electron chi connectivity index (χ1n) is 10.7. The molecule has 1 atom stereocenters. The first-order valence-corrected chi connectivity index (χ1v) is 10.7. The molecule has 1 aromatic heterocycles. The van der Waals surface area contributed by atoms with Gasteiger partial charge in [0.25, 0.3) is 5.91 Å². The molecule has 1 unspecified atom stereocenters. The summed E-state index contributed by atoms with van der Waals surface area (Å²) in [5, 5.41) is 0. The Morgan fingerprint density at radius 1 is 1.03 bits per heavy atom. The van der Waals surface area contributed by atoms with Crippen molar-refractivity contribution in [1.29, 1.82) is 0 Å². The van der Waals surface area contributed by atoms with Crippen LogP contribution in [0, 0.1) is 0 Å². The van der Waals surface area contributed by atoms with E-state index < -0.39 is 0 Å². The second-order valence-electron chi connectivity index (χ2n) is 7.69. The summed E-state index contributed by atoms with van der Waals surface area (Å²) in [5.74, 6) is 1.44. The van der Waals surface area contributed by atoms with E-state index in [9.17, 15) is 9.59 Å². The molecule has 4 rings (SSSR count). The van der Waals surface area contributed by atoms with Gasteiger partial charge < -0.3 is 9.64 Å². The summed E-state index contributed by atoms with van der Waals surface area (Å²) in [6.45, 7) is 5.84. The number of hydrogen-bond acceptors (Lipinski definition) is 6. The molecule has 7 heteroatoms. The third-order valence-corrected chi connectivity index (χ3v) is 5.71. The molecule has 2 aliphatic heterocycles. The highest BCUT2D eigenvalue weighted by molar-refractivity contribution is 6.22. The van der Waals surface area contributed by atoms with Gasteiger partial charge in [-0.05, 0) is 42.8 Å². The fourth-order valence-electron chi connectivity index (χ4n) is 4.00. The Kier molecular flexibility index (Phi) is 6.28. The monoisotopic (exact) mass is 408 g/mol. The minimum absolute atomic E-state index is 0.133. The number of amides is 2. The van der Waals surface area contributed by atoms with E-state index in [1.165, 1.54) is 4.90 Å². The number of ether oxygens (including phenoxy) is 1. The van der Waals surface area contributed by atoms with Crippen LogP contribution in [0.3, 0.4) is 0 Å². The molecule has 2 amide bonds. The molecule has 0 spiro atoms. The van der Waals surface area contributed by atoms with Crippen molar-refractivity contribution in [3.63, 3.8) is 0 Å². The number of hydrogen-bond donors (Lipinski definition) is 0. The molecule has 2 aliphatic rings. The summed E-state index contributed by atoms with van der Waals surface area (Å²) in [6.07, 6.45) is 4.10. The normalized spacial score (nSPS) is 20.1. The lowest BCUT2D eigenvalue weighted by Gasteiger charge is -2.37. The van der Waals surface area contributed by atoms with Gasteiger partial charge in [0.15, 0.2) is 0 Å². The lowest BCUT2D eigenvalue weighted by atomic mass is 10.1. The second-order valence-corrected chi connectivity index (χ2v) is 7.69. The van der Waals surface area contributed by atoms with Gasteiger partial charge in [-0.2, -0.15) is 0 Å². The minimum atomic E-state index is -0.385. The highest BCUT2D eigenvalue weighted by Gasteiger charge is 2.43. The van der Waals surface area contributed by atoms with Crippen LogP contribution in [0.15, 0.2) is 48.7 Å². The molecule has 1 aromatic carbocycles. The van der Waals surface area contributed by atoms with Crippen LogP contribution in [0.2, 0.25) is 0 Å². The molecule has 0 radical (unpaired) electrons. The highest BCUT2D eigenvalue weighted by Crippen LogP contribution is 2.28. The van der Waals surface area contributed by atoms with E-state index in [4.69, 9.17) is 4.74 Å². The Bertz CT molecular complexity index is 864. The van der Waals surface area contributed by atoms with Gasteiger partial charge in [-0.15, -0.1) is 0 Å². The predicted octanol–water partition coefficient (Wildman–Crippen LogP) is 2.71. The number of carbonyl (C=O) groups is 2. The van der Waals surface area contributed by atoms with E-state index in [0.717, 1.165) is 50.6 Å². The molecule has 2 aromatic rings. The van der Waals surface area contributed by atoms with Crippen LogP contribution >= 0.6 is 0 Å². The highest BCUT2D eigenvalue weighted by atomic mass is 16.5. The largest absolute Gasteiger partial charge is 0.494 e. The number of benzene rings is 1. The van der Waals surface area contributed by atoms with Gasteiger partial charge in [0.05, 0.1) is 24.8 Å². The summed E-state index contributed by atoms with van der Waals surface area (Å²) >= 11 is 0. The van der Waals surface area contributed by atoms with Crippen molar-refractivity contribution in [3.05, 3.63) is 48.7 Å². The molecule has 2 fully saturated rings. The maximum Gasteiger partial charge on any atom is 0.251 e. The number of anilines is 2. The van der Waals surface area contributed by atoms with E-state index in [1.807, 2.05) is 30.3 Å². The average molecular weight is 409 g/mol. The zero-order valence-electron chi connectivity index (χ0n) is 17.4. The standard InChI is InChI=1S/C23H28N4O3/c1-2-3-16-30-19-9-7-18(8-10-19)27-22(28)17-20(23(27)29)25-12-14-26(15-13-25)21-6-4-5-11-24-21/h4-11,20H,2-3,12-17H2,1H3. The SMILES string of the molecule is CCCCOc1ccc(N2C(=O)CC(N3CCN(c4ccccn4)CC3)C2=O)cc1. The van der Waals surface area contributed by atoms with Gasteiger partial charge >= 0.3 is 0 Å². The third kappa shape index (κ3) is 4.31. The molecule has 0 saturated carbocycles. The summed E-state index contributed by atoms with van der Waals surface area (Å²) in [6, 6.07) is 12.7. The molecular weight excluding hydrogens is 380 g/mol. The maximum atomic E-state index is 13.1. The Balaban J connectivity index is 1.37. The summed E-state index contributed by atoms with van der Waals surface area (Å²) in [4.78, 5) is 35.8. The van der Waals surface area contributed by atoms with Gasteiger partial charge in [0, 0.05) is 32.4 Å². The van der Waals surface area contributed by atoms with Crippen LogP contribution in [0.4, 0.5) is 11.5 Å². The Morgan fingerprint density at radius 2 is 1.80 bits per heavy atom. The third-order valence-electron chi connectivity index (χ3n) is 5.71. The van der Waals surface area contributed by atoms with Crippen molar-refractivity contribution >= 4 is 23.3 Å². The van der Waals surface area contributed by atoms with Crippen molar-refractivity contribution in [2.45, 2.75) is 32.2 Å². The second kappa shape index (κ2) is 9.26. The van der Waals surface area contributed by atoms with Gasteiger partial charge in [0.2, 0.25) is 5.91 Å². The first-order chi connectivity index (χ1) is 14.7. The van der Waals surface area contributed by atoms with Gasteiger partial charge in [-0.25, -0.2) is 9.88 Å². The first kappa shape index (κ1) is 20.3. The van der Waals surface area contributed by atoms with E-state index in [-0.39, 0.29) is 24.3 Å². The zero-order valence-corrected chi connectivity index (χ0v) is 17.4. The number of nitrogens with zero attached hydrogens (tertiary/aromatic N) is 4. The average Bonchev–Trinajstić information content (AvgIpc) is 3.09. The maximum absolute atomic E-state index is 13.1. The number of unbranched alkanes of at least 4 members (excludes halogenated alkanes) is 1. The molecule has 7 nitrogen and oxygen atoms in total. The molecule has 0 aliphatic carbocycles. The van der Waals surface area contributed by atoms with Crippen molar-refractivity contribution in [2.24, 2.45) is 0 Å². The van der Waals surface area contributed by atoms with Crippen LogP contribution in [0.25, 0.3) is 0 Å². The smallest absolute Gasteiger partial charge is 0.251 e. The molecule has 0 N–H and O–H groups in total. The van der Waals surface area contributed by atoms with Gasteiger partial charge in [-0.1, -0.05) is 19.4 Å². The molecule has 3 heterocycles. The van der Waals surface area contributed by atoms with Gasteiger partial charge in [-0.3, -0.25) is 14.5 Å². The van der Waals surface area contributed by atoms with Crippen LogP contribution < -0.4 is 14.5 Å². The van der Waals surface area contributed by atoms with Crippen molar-refractivity contribution in [1.82, 2.24) is 9.88 Å². The predicted molar refractivity (Wildman–Crippen MR) is 116 cm³/mol. The minimum Gasteiger partial charge on any atom is -0.494 e.